The molecule has 2 aromatic rings. The Morgan fingerprint density at radius 3 is 2.67 bits per heavy atom. The number of benzene rings is 2. The molecule has 1 amide bonds. The van der Waals surface area contributed by atoms with Gasteiger partial charge in [-0.2, -0.15) is 0 Å². The number of ether oxygens (including phenoxy) is 1. The molecule has 1 saturated carbocycles. The van der Waals surface area contributed by atoms with Gasteiger partial charge in [-0.3, -0.25) is 9.59 Å². The van der Waals surface area contributed by atoms with E-state index in [1.165, 1.54) is 5.56 Å². The van der Waals surface area contributed by atoms with Gasteiger partial charge in [-0.15, -0.1) is 0 Å². The Morgan fingerprint density at radius 2 is 1.88 bits per heavy atom. The SMILES string of the molecule is CC1C2CC=C(C2)C(=O)[C@@H]2CC[C@H]2CN2CCCCc3cc(Cl)ccc3COc3ccc(cc32)C(=O)NS1(=O)=O. The Balaban J connectivity index is 1.40. The standard InChI is InChI=1S/C31H35ClN2O5S/c1-19-20-5-6-22(14-20)30(35)27-11-8-24(27)17-34-13-3-2-4-21-15-26(32)10-7-25(21)18-39-29-12-9-23(16-28(29)34)31(36)33-40(19,37)38/h6-7,9-10,12,15-16,19-20,24,27H,2-5,8,11,13-14,17-18H2,1H3,(H,33,36)/t19?,20?,24-,27+/m0/s1. The summed E-state index contributed by atoms with van der Waals surface area (Å²) in [6, 6.07) is 11.0. The van der Waals surface area contributed by atoms with Crippen molar-refractivity contribution in [2.45, 2.75) is 63.7 Å². The molecule has 7 nitrogen and oxygen atoms in total. The second-order valence-electron chi connectivity index (χ2n) is 11.7. The Bertz CT molecular complexity index is 1490. The van der Waals surface area contributed by atoms with Crippen LogP contribution in [0.1, 0.15) is 66.9 Å². The van der Waals surface area contributed by atoms with Crippen LogP contribution in [0.15, 0.2) is 48.0 Å². The topological polar surface area (TPSA) is 92.8 Å². The smallest absolute Gasteiger partial charge is 0.264 e. The highest BCUT2D eigenvalue weighted by Crippen LogP contribution is 2.43. The van der Waals surface area contributed by atoms with Gasteiger partial charge in [-0.1, -0.05) is 23.7 Å². The van der Waals surface area contributed by atoms with Gasteiger partial charge in [-0.05, 0) is 111 Å². The third kappa shape index (κ3) is 5.28. The summed E-state index contributed by atoms with van der Waals surface area (Å²) in [7, 11) is -3.94. The lowest BCUT2D eigenvalue weighted by molar-refractivity contribution is -0.124. The third-order valence-electron chi connectivity index (χ3n) is 9.30. The van der Waals surface area contributed by atoms with E-state index in [1.54, 1.807) is 25.1 Å². The normalized spacial score (nSPS) is 28.2. The molecule has 0 saturated heterocycles. The van der Waals surface area contributed by atoms with Gasteiger partial charge < -0.3 is 9.64 Å². The summed E-state index contributed by atoms with van der Waals surface area (Å²) >= 11 is 6.29. The van der Waals surface area contributed by atoms with Gasteiger partial charge in [0.15, 0.2) is 5.78 Å². The zero-order valence-electron chi connectivity index (χ0n) is 22.7. The number of ketones is 1. The van der Waals surface area contributed by atoms with Gasteiger partial charge >= 0.3 is 0 Å². The molecule has 40 heavy (non-hydrogen) atoms. The number of carbonyl (C=O) groups is 2. The van der Waals surface area contributed by atoms with E-state index in [4.69, 9.17) is 16.3 Å². The number of aryl methyl sites for hydroxylation is 1. The molecule has 0 aromatic heterocycles. The summed E-state index contributed by atoms with van der Waals surface area (Å²) in [6.07, 6.45) is 7.47. The van der Waals surface area contributed by atoms with Crippen molar-refractivity contribution >= 4 is 39.0 Å². The van der Waals surface area contributed by atoms with E-state index >= 15 is 0 Å². The van der Waals surface area contributed by atoms with Crippen molar-refractivity contribution in [3.63, 3.8) is 0 Å². The summed E-state index contributed by atoms with van der Waals surface area (Å²) in [4.78, 5) is 29.1. The number of carbonyl (C=O) groups excluding carboxylic acids is 2. The molecule has 4 aliphatic rings. The summed E-state index contributed by atoms with van der Waals surface area (Å²) in [6.45, 7) is 3.39. The molecule has 2 unspecified atom stereocenters. The minimum absolute atomic E-state index is 0.0565. The lowest BCUT2D eigenvalue weighted by atomic mass is 9.69. The molecule has 2 aromatic carbocycles. The molecule has 4 bridgehead atoms. The number of halogens is 1. The highest BCUT2D eigenvalue weighted by atomic mass is 35.5. The number of fused-ring (bicyclic) bond motifs is 5. The van der Waals surface area contributed by atoms with Crippen LogP contribution in [0.25, 0.3) is 0 Å². The van der Waals surface area contributed by atoms with Gasteiger partial charge in [0.05, 0.1) is 10.9 Å². The number of nitrogens with zero attached hydrogens (tertiary/aromatic N) is 1. The molecule has 4 atom stereocenters. The average molecular weight is 583 g/mol. The number of rotatable bonds is 0. The number of hydrogen-bond acceptors (Lipinski definition) is 6. The van der Waals surface area contributed by atoms with E-state index in [1.807, 2.05) is 24.3 Å². The average Bonchev–Trinajstić information content (AvgIpc) is 3.39. The minimum Gasteiger partial charge on any atom is -0.487 e. The maximum Gasteiger partial charge on any atom is 0.264 e. The number of amides is 1. The quantitative estimate of drug-likeness (QED) is 0.444. The number of hydrogen-bond donors (Lipinski definition) is 1. The Kier molecular flexibility index (Phi) is 7.42. The zero-order chi connectivity index (χ0) is 28.0. The molecule has 6 rings (SSSR count). The lowest BCUT2D eigenvalue weighted by Crippen LogP contribution is -2.42. The highest BCUT2D eigenvalue weighted by molar-refractivity contribution is 7.90. The van der Waals surface area contributed by atoms with Gasteiger partial charge in [0.2, 0.25) is 10.0 Å². The van der Waals surface area contributed by atoms with Crippen molar-refractivity contribution in [3.8, 4) is 5.75 Å². The van der Waals surface area contributed by atoms with Crippen LogP contribution in [-0.4, -0.2) is 38.4 Å². The first kappa shape index (κ1) is 27.3. The molecule has 1 fully saturated rings. The lowest BCUT2D eigenvalue weighted by Gasteiger charge is -2.40. The van der Waals surface area contributed by atoms with E-state index in [0.717, 1.165) is 55.5 Å². The van der Waals surface area contributed by atoms with Crippen LogP contribution in [-0.2, 0) is 27.8 Å². The zero-order valence-corrected chi connectivity index (χ0v) is 24.3. The largest absolute Gasteiger partial charge is 0.487 e. The molecule has 0 radical (unpaired) electrons. The second kappa shape index (κ2) is 10.9. The number of allylic oxidation sites excluding steroid dienone is 2. The Hall–Kier alpha value is -2.84. The minimum atomic E-state index is -3.94. The summed E-state index contributed by atoms with van der Waals surface area (Å²) < 4.78 is 35.1. The first-order chi connectivity index (χ1) is 19.2. The maximum atomic E-state index is 13.6. The molecule has 2 aliphatic carbocycles. The number of anilines is 1. The number of nitrogens with one attached hydrogen (secondary N) is 1. The third-order valence-corrected chi connectivity index (χ3v) is 11.4. The van der Waals surface area contributed by atoms with Gasteiger partial charge in [0.1, 0.15) is 12.4 Å². The van der Waals surface area contributed by atoms with Gasteiger partial charge in [0, 0.05) is 29.6 Å². The van der Waals surface area contributed by atoms with Crippen molar-refractivity contribution in [2.24, 2.45) is 17.8 Å². The van der Waals surface area contributed by atoms with E-state index in [2.05, 4.69) is 9.62 Å². The fraction of sp³-hybridized carbons (Fsp3) is 0.484. The molecule has 9 heteroatoms. The van der Waals surface area contributed by atoms with Crippen molar-refractivity contribution in [3.05, 3.63) is 69.8 Å². The first-order valence-electron chi connectivity index (χ1n) is 14.3. The molecular formula is C31H35ClN2O5S. The fourth-order valence-corrected chi connectivity index (χ4v) is 8.04. The van der Waals surface area contributed by atoms with Crippen LogP contribution in [0.5, 0.6) is 5.75 Å². The van der Waals surface area contributed by atoms with E-state index in [0.29, 0.717) is 36.8 Å². The number of sulfonamides is 1. The Labute approximate surface area is 241 Å². The van der Waals surface area contributed by atoms with E-state index < -0.39 is 21.2 Å². The van der Waals surface area contributed by atoms with Crippen LogP contribution in [0.3, 0.4) is 0 Å². The van der Waals surface area contributed by atoms with E-state index in [-0.39, 0.29) is 29.1 Å². The number of Topliss-reactive ketones (excluding diaryl/α,β-unsaturated/α-hetero) is 1. The van der Waals surface area contributed by atoms with Crippen molar-refractivity contribution in [2.75, 3.05) is 18.0 Å². The van der Waals surface area contributed by atoms with Crippen molar-refractivity contribution in [1.82, 2.24) is 4.72 Å². The first-order valence-corrected chi connectivity index (χ1v) is 16.2. The van der Waals surface area contributed by atoms with Gasteiger partial charge in [-0.25, -0.2) is 13.1 Å². The monoisotopic (exact) mass is 582 g/mol. The Morgan fingerprint density at radius 1 is 1.02 bits per heavy atom. The maximum absolute atomic E-state index is 13.6. The predicted octanol–water partition coefficient (Wildman–Crippen LogP) is 5.46. The van der Waals surface area contributed by atoms with Crippen molar-refractivity contribution in [1.29, 1.82) is 0 Å². The second-order valence-corrected chi connectivity index (χ2v) is 14.2. The van der Waals surface area contributed by atoms with Gasteiger partial charge in [0.25, 0.3) is 5.91 Å². The van der Waals surface area contributed by atoms with Crippen LogP contribution in [0, 0.1) is 17.8 Å². The van der Waals surface area contributed by atoms with Crippen LogP contribution < -0.4 is 14.4 Å². The molecule has 212 valence electrons. The van der Waals surface area contributed by atoms with E-state index in [9.17, 15) is 18.0 Å². The molecule has 0 spiro atoms. The highest BCUT2D eigenvalue weighted by Gasteiger charge is 2.42. The van der Waals surface area contributed by atoms with Crippen LogP contribution in [0.4, 0.5) is 5.69 Å². The summed E-state index contributed by atoms with van der Waals surface area (Å²) in [5.41, 5.74) is 4.01. The molecule has 2 aliphatic heterocycles. The van der Waals surface area contributed by atoms with Crippen LogP contribution in [0.2, 0.25) is 5.02 Å². The summed E-state index contributed by atoms with van der Waals surface area (Å²) in [5.74, 6) is 0.0623. The molecule has 1 N–H and O–H groups in total. The molecule has 2 heterocycles. The fourth-order valence-electron chi connectivity index (χ4n) is 6.57. The van der Waals surface area contributed by atoms with Crippen LogP contribution >= 0.6 is 11.6 Å². The van der Waals surface area contributed by atoms with Crippen molar-refractivity contribution < 1.29 is 22.7 Å². The predicted molar refractivity (Wildman–Crippen MR) is 155 cm³/mol. The summed E-state index contributed by atoms with van der Waals surface area (Å²) in [5, 5.41) is -0.0952. The molecular weight excluding hydrogens is 548 g/mol.